The molecule has 0 fully saturated rings. The van der Waals surface area contributed by atoms with Crippen molar-refractivity contribution < 1.29 is 4.39 Å². The van der Waals surface area contributed by atoms with Gasteiger partial charge in [-0.1, -0.05) is 13.8 Å². The molecule has 1 heterocycles. The van der Waals surface area contributed by atoms with E-state index in [4.69, 9.17) is 0 Å². The molecule has 1 aromatic carbocycles. The molecular formula is C12H12BrFN2. The molecule has 0 radical (unpaired) electrons. The highest BCUT2D eigenvalue weighted by molar-refractivity contribution is 9.10. The third-order valence-corrected chi connectivity index (χ3v) is 2.67. The van der Waals surface area contributed by atoms with Crippen LogP contribution in [0.3, 0.4) is 0 Å². The fourth-order valence-electron chi connectivity index (χ4n) is 1.68. The fraction of sp³-hybridized carbons (Fsp3) is 0.333. The van der Waals surface area contributed by atoms with E-state index >= 15 is 0 Å². The molecule has 0 amide bonds. The second kappa shape index (κ2) is 4.45. The molecule has 84 valence electrons. The van der Waals surface area contributed by atoms with E-state index in [1.807, 2.05) is 0 Å². The normalized spacial score (nSPS) is 11.3. The lowest BCUT2D eigenvalue weighted by Gasteiger charge is -2.08. The maximum absolute atomic E-state index is 13.1. The zero-order chi connectivity index (χ0) is 11.7. The number of fused-ring (bicyclic) bond motifs is 1. The molecule has 0 aliphatic rings. The van der Waals surface area contributed by atoms with Gasteiger partial charge in [-0.3, -0.25) is 0 Å². The van der Waals surface area contributed by atoms with Gasteiger partial charge in [0.2, 0.25) is 0 Å². The van der Waals surface area contributed by atoms with Crippen LogP contribution in [0.2, 0.25) is 0 Å². The monoisotopic (exact) mass is 282 g/mol. The first-order chi connectivity index (χ1) is 7.56. The molecule has 4 heteroatoms. The summed E-state index contributed by atoms with van der Waals surface area (Å²) in [7, 11) is 0. The van der Waals surface area contributed by atoms with Gasteiger partial charge in [0.25, 0.3) is 0 Å². The maximum Gasteiger partial charge on any atom is 0.197 e. The predicted molar refractivity (Wildman–Crippen MR) is 65.7 cm³/mol. The molecule has 2 aromatic rings. The number of aromatic nitrogens is 2. The van der Waals surface area contributed by atoms with Crippen LogP contribution in [0, 0.1) is 11.7 Å². The Morgan fingerprint density at radius 2 is 2.06 bits per heavy atom. The number of hydrogen-bond donors (Lipinski definition) is 0. The van der Waals surface area contributed by atoms with Gasteiger partial charge in [-0.15, -0.1) is 0 Å². The Bertz CT molecular complexity index is 520. The van der Waals surface area contributed by atoms with Crippen molar-refractivity contribution in [1.82, 2.24) is 9.97 Å². The van der Waals surface area contributed by atoms with E-state index in [0.717, 1.165) is 17.5 Å². The largest absolute Gasteiger partial charge is 0.227 e. The van der Waals surface area contributed by atoms with Crippen molar-refractivity contribution in [1.29, 1.82) is 0 Å². The fourth-order valence-corrected chi connectivity index (χ4v) is 2.08. The average molecular weight is 283 g/mol. The zero-order valence-corrected chi connectivity index (χ0v) is 10.8. The summed E-state index contributed by atoms with van der Waals surface area (Å²) < 4.78 is 13.6. The highest BCUT2D eigenvalue weighted by atomic mass is 79.9. The molecule has 0 unspecified atom stereocenters. The van der Waals surface area contributed by atoms with Gasteiger partial charge in [-0.05, 0) is 40.4 Å². The molecule has 2 rings (SSSR count). The first kappa shape index (κ1) is 11.5. The summed E-state index contributed by atoms with van der Waals surface area (Å²) in [5, 5.41) is 0.929. The molecule has 0 bridgehead atoms. The Hall–Kier alpha value is -1.03. The van der Waals surface area contributed by atoms with Crippen LogP contribution in [0.4, 0.5) is 4.39 Å². The Kier molecular flexibility index (Phi) is 3.19. The van der Waals surface area contributed by atoms with Gasteiger partial charge in [0.05, 0.1) is 11.2 Å². The number of nitrogens with zero attached hydrogens (tertiary/aromatic N) is 2. The molecule has 0 saturated carbocycles. The third kappa shape index (κ3) is 2.38. The SMILES string of the molecule is CC(C)Cc1nc(Br)nc2cc(F)ccc12. The van der Waals surface area contributed by atoms with Crippen LogP contribution in [0.25, 0.3) is 10.9 Å². The summed E-state index contributed by atoms with van der Waals surface area (Å²) in [6, 6.07) is 4.63. The predicted octanol–water partition coefficient (Wildman–Crippen LogP) is 3.73. The van der Waals surface area contributed by atoms with Crippen LogP contribution in [0.1, 0.15) is 19.5 Å². The molecule has 0 aliphatic carbocycles. The number of rotatable bonds is 2. The molecule has 0 saturated heterocycles. The van der Waals surface area contributed by atoms with Gasteiger partial charge < -0.3 is 0 Å². The Morgan fingerprint density at radius 3 is 2.75 bits per heavy atom. The molecule has 2 nitrogen and oxygen atoms in total. The Balaban J connectivity index is 2.63. The number of benzene rings is 1. The van der Waals surface area contributed by atoms with Crippen molar-refractivity contribution in [3.05, 3.63) is 34.4 Å². The molecule has 0 aliphatic heterocycles. The first-order valence-corrected chi connectivity index (χ1v) is 5.97. The minimum Gasteiger partial charge on any atom is -0.227 e. The van der Waals surface area contributed by atoms with E-state index in [1.54, 1.807) is 6.07 Å². The first-order valence-electron chi connectivity index (χ1n) is 5.18. The molecule has 16 heavy (non-hydrogen) atoms. The van der Waals surface area contributed by atoms with Crippen LogP contribution in [0.5, 0.6) is 0 Å². The van der Waals surface area contributed by atoms with Crippen molar-refractivity contribution in [3.8, 4) is 0 Å². The molecule has 0 N–H and O–H groups in total. The van der Waals surface area contributed by atoms with Crippen LogP contribution < -0.4 is 0 Å². The van der Waals surface area contributed by atoms with Crippen LogP contribution in [-0.4, -0.2) is 9.97 Å². The average Bonchev–Trinajstić information content (AvgIpc) is 2.15. The molecule has 0 spiro atoms. The van der Waals surface area contributed by atoms with Crippen molar-refractivity contribution in [2.75, 3.05) is 0 Å². The number of halogens is 2. The molecule has 1 aromatic heterocycles. The summed E-state index contributed by atoms with van der Waals surface area (Å²) in [5.41, 5.74) is 1.62. The summed E-state index contributed by atoms with van der Waals surface area (Å²) >= 11 is 3.25. The zero-order valence-electron chi connectivity index (χ0n) is 9.17. The second-order valence-corrected chi connectivity index (χ2v) is 4.91. The van der Waals surface area contributed by atoms with Crippen molar-refractivity contribution in [2.45, 2.75) is 20.3 Å². The van der Waals surface area contributed by atoms with Gasteiger partial charge in [0.1, 0.15) is 5.82 Å². The van der Waals surface area contributed by atoms with E-state index in [9.17, 15) is 4.39 Å². The lowest BCUT2D eigenvalue weighted by atomic mass is 10.0. The minimum absolute atomic E-state index is 0.270. The second-order valence-electron chi connectivity index (χ2n) is 4.20. The lowest BCUT2D eigenvalue weighted by molar-refractivity contribution is 0.627. The topological polar surface area (TPSA) is 25.8 Å². The van der Waals surface area contributed by atoms with E-state index in [1.165, 1.54) is 12.1 Å². The van der Waals surface area contributed by atoms with Crippen LogP contribution >= 0.6 is 15.9 Å². The third-order valence-electron chi connectivity index (χ3n) is 2.31. The summed E-state index contributed by atoms with van der Waals surface area (Å²) in [6.45, 7) is 4.26. The lowest BCUT2D eigenvalue weighted by Crippen LogP contribution is -2.00. The van der Waals surface area contributed by atoms with Gasteiger partial charge in [-0.2, -0.15) is 0 Å². The van der Waals surface area contributed by atoms with E-state index in [-0.39, 0.29) is 5.82 Å². The van der Waals surface area contributed by atoms with Crippen LogP contribution in [0.15, 0.2) is 22.9 Å². The highest BCUT2D eigenvalue weighted by Crippen LogP contribution is 2.21. The molecule has 0 atom stereocenters. The molecular weight excluding hydrogens is 271 g/mol. The standard InChI is InChI=1S/C12H12BrFN2/c1-7(2)5-10-9-4-3-8(14)6-11(9)16-12(13)15-10/h3-4,6-7H,5H2,1-2H3. The van der Waals surface area contributed by atoms with E-state index in [0.29, 0.717) is 16.2 Å². The van der Waals surface area contributed by atoms with E-state index in [2.05, 4.69) is 39.7 Å². The maximum atomic E-state index is 13.1. The van der Waals surface area contributed by atoms with E-state index < -0.39 is 0 Å². The summed E-state index contributed by atoms with van der Waals surface area (Å²) in [6.07, 6.45) is 0.864. The van der Waals surface area contributed by atoms with Gasteiger partial charge in [0.15, 0.2) is 4.73 Å². The van der Waals surface area contributed by atoms with Gasteiger partial charge in [0, 0.05) is 11.5 Å². The Morgan fingerprint density at radius 1 is 1.31 bits per heavy atom. The smallest absolute Gasteiger partial charge is 0.197 e. The summed E-state index contributed by atoms with van der Waals surface area (Å²) in [5.74, 6) is 0.239. The summed E-state index contributed by atoms with van der Waals surface area (Å²) in [4.78, 5) is 8.52. The minimum atomic E-state index is -0.270. The number of hydrogen-bond acceptors (Lipinski definition) is 2. The van der Waals surface area contributed by atoms with Crippen molar-refractivity contribution in [3.63, 3.8) is 0 Å². The highest BCUT2D eigenvalue weighted by Gasteiger charge is 2.08. The quantitative estimate of drug-likeness (QED) is 0.785. The van der Waals surface area contributed by atoms with Crippen molar-refractivity contribution >= 4 is 26.8 Å². The van der Waals surface area contributed by atoms with Gasteiger partial charge in [-0.25, -0.2) is 14.4 Å². The van der Waals surface area contributed by atoms with Crippen LogP contribution in [-0.2, 0) is 6.42 Å². The van der Waals surface area contributed by atoms with Crippen molar-refractivity contribution in [2.24, 2.45) is 5.92 Å². The van der Waals surface area contributed by atoms with Gasteiger partial charge >= 0.3 is 0 Å². The Labute approximate surface area is 102 Å².